The van der Waals surface area contributed by atoms with Gasteiger partial charge in [-0.05, 0) is 18.0 Å². The zero-order valence-corrected chi connectivity index (χ0v) is 9.97. The summed E-state index contributed by atoms with van der Waals surface area (Å²) in [6.07, 6.45) is 0. The number of nitro benzene ring substituents is 1. The molecule has 0 unspecified atom stereocenters. The standard InChI is InChI=1S/C10H14N2O4S/c13-7-5-11(6-8-14)17-10-4-2-1-3-9(10)12(15)16/h1-4,13-14H,5-8H2. The summed E-state index contributed by atoms with van der Waals surface area (Å²) in [4.78, 5) is 10.8. The van der Waals surface area contributed by atoms with Crippen molar-refractivity contribution in [1.29, 1.82) is 0 Å². The highest BCUT2D eigenvalue weighted by atomic mass is 32.2. The molecule has 0 aliphatic rings. The van der Waals surface area contributed by atoms with Crippen LogP contribution in [0.2, 0.25) is 0 Å². The molecule has 0 fully saturated rings. The molecule has 0 saturated carbocycles. The third kappa shape index (κ3) is 4.31. The number of rotatable bonds is 7. The zero-order valence-electron chi connectivity index (χ0n) is 9.15. The monoisotopic (exact) mass is 258 g/mol. The van der Waals surface area contributed by atoms with Crippen LogP contribution in [0.25, 0.3) is 0 Å². The Hall–Kier alpha value is -1.15. The number of aliphatic hydroxyl groups is 2. The molecular formula is C10H14N2O4S. The molecule has 1 aromatic carbocycles. The lowest BCUT2D eigenvalue weighted by molar-refractivity contribution is -0.387. The van der Waals surface area contributed by atoms with E-state index in [1.807, 2.05) is 0 Å². The molecule has 0 amide bonds. The fraction of sp³-hybridized carbons (Fsp3) is 0.400. The van der Waals surface area contributed by atoms with E-state index in [0.717, 1.165) is 11.9 Å². The predicted octanol–water partition coefficient (Wildman–Crippen LogP) is 0.888. The Bertz CT molecular complexity index is 369. The normalized spacial score (nSPS) is 10.8. The van der Waals surface area contributed by atoms with Gasteiger partial charge in [0.2, 0.25) is 0 Å². The molecule has 1 rings (SSSR count). The summed E-state index contributed by atoms with van der Waals surface area (Å²) in [6, 6.07) is 6.39. The average Bonchev–Trinajstić information content (AvgIpc) is 2.30. The highest BCUT2D eigenvalue weighted by Crippen LogP contribution is 2.30. The van der Waals surface area contributed by atoms with Crippen LogP contribution in [-0.2, 0) is 0 Å². The second-order valence-electron chi connectivity index (χ2n) is 3.19. The lowest BCUT2D eigenvalue weighted by atomic mass is 10.3. The number of aliphatic hydroxyl groups excluding tert-OH is 2. The van der Waals surface area contributed by atoms with E-state index in [0.29, 0.717) is 18.0 Å². The van der Waals surface area contributed by atoms with E-state index < -0.39 is 4.92 Å². The van der Waals surface area contributed by atoms with E-state index in [-0.39, 0.29) is 18.9 Å². The van der Waals surface area contributed by atoms with Crippen LogP contribution in [0.3, 0.4) is 0 Å². The SMILES string of the molecule is O=[N+]([O-])c1ccccc1SN(CCO)CCO. The zero-order chi connectivity index (χ0) is 12.7. The quantitative estimate of drug-likeness (QED) is 0.429. The minimum absolute atomic E-state index is 0.0263. The summed E-state index contributed by atoms with van der Waals surface area (Å²) >= 11 is 1.16. The first kappa shape index (κ1) is 13.9. The topological polar surface area (TPSA) is 86.8 Å². The van der Waals surface area contributed by atoms with E-state index in [1.54, 1.807) is 22.5 Å². The molecule has 0 radical (unpaired) electrons. The van der Waals surface area contributed by atoms with Crippen molar-refractivity contribution in [2.45, 2.75) is 4.90 Å². The maximum Gasteiger partial charge on any atom is 0.284 e. The van der Waals surface area contributed by atoms with Crippen LogP contribution in [-0.4, -0.2) is 45.7 Å². The molecule has 6 nitrogen and oxygen atoms in total. The van der Waals surface area contributed by atoms with Gasteiger partial charge in [0.05, 0.1) is 18.1 Å². The lowest BCUT2D eigenvalue weighted by Crippen LogP contribution is -2.23. The van der Waals surface area contributed by atoms with Crippen molar-refractivity contribution >= 4 is 17.6 Å². The molecule has 2 N–H and O–H groups in total. The maximum atomic E-state index is 10.8. The summed E-state index contributed by atoms with van der Waals surface area (Å²) in [6.45, 7) is 0.565. The highest BCUT2D eigenvalue weighted by molar-refractivity contribution is 7.97. The first-order chi connectivity index (χ1) is 8.19. The molecule has 0 atom stereocenters. The van der Waals surface area contributed by atoms with Crippen molar-refractivity contribution in [2.24, 2.45) is 0 Å². The van der Waals surface area contributed by atoms with Crippen molar-refractivity contribution in [1.82, 2.24) is 4.31 Å². The van der Waals surface area contributed by atoms with Gasteiger partial charge in [-0.25, -0.2) is 4.31 Å². The first-order valence-electron chi connectivity index (χ1n) is 5.07. The number of nitrogens with zero attached hydrogens (tertiary/aromatic N) is 2. The minimum Gasteiger partial charge on any atom is -0.395 e. The molecule has 0 saturated heterocycles. The Morgan fingerprint density at radius 1 is 1.24 bits per heavy atom. The molecule has 0 bridgehead atoms. The maximum absolute atomic E-state index is 10.8. The van der Waals surface area contributed by atoms with Crippen LogP contribution < -0.4 is 0 Å². The van der Waals surface area contributed by atoms with Gasteiger partial charge in [-0.15, -0.1) is 0 Å². The molecule has 0 spiro atoms. The fourth-order valence-corrected chi connectivity index (χ4v) is 2.25. The molecular weight excluding hydrogens is 244 g/mol. The van der Waals surface area contributed by atoms with Gasteiger partial charge >= 0.3 is 0 Å². The van der Waals surface area contributed by atoms with Crippen molar-refractivity contribution < 1.29 is 15.1 Å². The number of hydrogen-bond acceptors (Lipinski definition) is 6. The van der Waals surface area contributed by atoms with Crippen LogP contribution in [0, 0.1) is 10.1 Å². The van der Waals surface area contributed by atoms with Crippen LogP contribution in [0.15, 0.2) is 29.2 Å². The fourth-order valence-electron chi connectivity index (χ4n) is 1.25. The largest absolute Gasteiger partial charge is 0.395 e. The van der Waals surface area contributed by atoms with Gasteiger partial charge in [0, 0.05) is 19.2 Å². The summed E-state index contributed by atoms with van der Waals surface area (Å²) in [5.41, 5.74) is 0.0263. The number of nitro groups is 1. The van der Waals surface area contributed by atoms with E-state index in [4.69, 9.17) is 10.2 Å². The molecule has 17 heavy (non-hydrogen) atoms. The summed E-state index contributed by atoms with van der Waals surface area (Å²) < 4.78 is 1.68. The molecule has 7 heteroatoms. The number of hydrogen-bond donors (Lipinski definition) is 2. The van der Waals surface area contributed by atoms with Gasteiger partial charge in [0.15, 0.2) is 0 Å². The lowest BCUT2D eigenvalue weighted by Gasteiger charge is -2.18. The Kier molecular flexibility index (Phi) is 5.92. The number of benzene rings is 1. The number of para-hydroxylation sites is 1. The van der Waals surface area contributed by atoms with Gasteiger partial charge < -0.3 is 10.2 Å². The van der Waals surface area contributed by atoms with E-state index in [2.05, 4.69) is 0 Å². The van der Waals surface area contributed by atoms with E-state index >= 15 is 0 Å². The molecule has 1 aromatic rings. The van der Waals surface area contributed by atoms with Crippen LogP contribution >= 0.6 is 11.9 Å². The van der Waals surface area contributed by atoms with Crippen LogP contribution in [0.5, 0.6) is 0 Å². The Morgan fingerprint density at radius 2 is 1.82 bits per heavy atom. The minimum atomic E-state index is -0.446. The van der Waals surface area contributed by atoms with Gasteiger partial charge in [0.25, 0.3) is 5.69 Å². The van der Waals surface area contributed by atoms with Crippen molar-refractivity contribution in [2.75, 3.05) is 26.3 Å². The third-order valence-corrected chi connectivity index (χ3v) is 3.15. The van der Waals surface area contributed by atoms with Gasteiger partial charge in [-0.2, -0.15) is 0 Å². The first-order valence-corrected chi connectivity index (χ1v) is 5.84. The van der Waals surface area contributed by atoms with Crippen molar-refractivity contribution in [3.63, 3.8) is 0 Å². The van der Waals surface area contributed by atoms with Crippen molar-refractivity contribution in [3.8, 4) is 0 Å². The van der Waals surface area contributed by atoms with Crippen LogP contribution in [0.4, 0.5) is 5.69 Å². The Morgan fingerprint density at radius 3 is 2.35 bits per heavy atom. The molecule has 0 aromatic heterocycles. The Balaban J connectivity index is 2.80. The third-order valence-electron chi connectivity index (χ3n) is 1.99. The molecule has 0 aliphatic heterocycles. The van der Waals surface area contributed by atoms with Crippen molar-refractivity contribution in [3.05, 3.63) is 34.4 Å². The molecule has 94 valence electrons. The summed E-state index contributed by atoms with van der Waals surface area (Å²) in [7, 11) is 0. The van der Waals surface area contributed by atoms with Gasteiger partial charge in [0.1, 0.15) is 4.90 Å². The van der Waals surface area contributed by atoms with Gasteiger partial charge in [-0.1, -0.05) is 12.1 Å². The average molecular weight is 258 g/mol. The highest BCUT2D eigenvalue weighted by Gasteiger charge is 2.16. The summed E-state index contributed by atoms with van der Waals surface area (Å²) in [5.74, 6) is 0. The second kappa shape index (κ2) is 7.23. The van der Waals surface area contributed by atoms with E-state index in [1.165, 1.54) is 6.07 Å². The molecule has 0 aliphatic carbocycles. The molecule has 0 heterocycles. The Labute approximate surface area is 103 Å². The second-order valence-corrected chi connectivity index (χ2v) is 4.33. The van der Waals surface area contributed by atoms with Crippen LogP contribution in [0.1, 0.15) is 0 Å². The summed E-state index contributed by atoms with van der Waals surface area (Å²) in [5, 5.41) is 28.5. The predicted molar refractivity (Wildman–Crippen MR) is 64.7 cm³/mol. The van der Waals surface area contributed by atoms with E-state index in [9.17, 15) is 10.1 Å². The van der Waals surface area contributed by atoms with Gasteiger partial charge in [-0.3, -0.25) is 10.1 Å². The smallest absolute Gasteiger partial charge is 0.284 e.